The summed E-state index contributed by atoms with van der Waals surface area (Å²) in [5.74, 6) is 0.861. The highest BCUT2D eigenvalue weighted by molar-refractivity contribution is 5.83. The Labute approximate surface area is 148 Å². The Morgan fingerprint density at radius 2 is 2.04 bits per heavy atom. The van der Waals surface area contributed by atoms with Gasteiger partial charge in [0.25, 0.3) is 0 Å². The van der Waals surface area contributed by atoms with Crippen molar-refractivity contribution in [1.29, 1.82) is 0 Å². The van der Waals surface area contributed by atoms with E-state index in [0.29, 0.717) is 6.54 Å². The zero-order valence-corrected chi connectivity index (χ0v) is 14.9. The molecule has 25 heavy (non-hydrogen) atoms. The maximum Gasteiger partial charge on any atom is 0.239 e. The SMILES string of the molecule is CN(C)C(=O)C1CCCN1CC(O)COc1ccc2ccccc2c1. The minimum atomic E-state index is -0.623. The fraction of sp³-hybridized carbons (Fsp3) is 0.450. The second kappa shape index (κ2) is 7.85. The number of nitrogens with zero attached hydrogens (tertiary/aromatic N) is 2. The molecule has 5 nitrogen and oxygen atoms in total. The molecule has 1 heterocycles. The molecule has 5 heteroatoms. The first-order valence-electron chi connectivity index (χ1n) is 8.79. The number of carbonyl (C=O) groups is 1. The third kappa shape index (κ3) is 4.30. The Morgan fingerprint density at radius 1 is 1.28 bits per heavy atom. The third-order valence-electron chi connectivity index (χ3n) is 4.70. The van der Waals surface area contributed by atoms with Crippen LogP contribution in [0, 0.1) is 0 Å². The first-order valence-corrected chi connectivity index (χ1v) is 8.79. The average Bonchev–Trinajstić information content (AvgIpc) is 3.07. The number of hydrogen-bond acceptors (Lipinski definition) is 4. The first kappa shape index (κ1) is 17.7. The fourth-order valence-corrected chi connectivity index (χ4v) is 3.40. The molecule has 134 valence electrons. The summed E-state index contributed by atoms with van der Waals surface area (Å²) in [5, 5.41) is 12.6. The van der Waals surface area contributed by atoms with Gasteiger partial charge in [-0.15, -0.1) is 0 Å². The van der Waals surface area contributed by atoms with Gasteiger partial charge in [0.15, 0.2) is 0 Å². The van der Waals surface area contributed by atoms with Crippen LogP contribution < -0.4 is 4.74 Å². The maximum atomic E-state index is 12.2. The summed E-state index contributed by atoms with van der Waals surface area (Å²) in [7, 11) is 3.55. The lowest BCUT2D eigenvalue weighted by Crippen LogP contribution is -2.46. The summed E-state index contributed by atoms with van der Waals surface area (Å²) in [6, 6.07) is 13.9. The molecule has 1 amide bonds. The average molecular weight is 342 g/mol. The quantitative estimate of drug-likeness (QED) is 0.874. The van der Waals surface area contributed by atoms with Gasteiger partial charge in [-0.1, -0.05) is 30.3 Å². The highest BCUT2D eigenvalue weighted by Crippen LogP contribution is 2.22. The van der Waals surface area contributed by atoms with Gasteiger partial charge in [-0.05, 0) is 42.3 Å². The lowest BCUT2D eigenvalue weighted by atomic mass is 10.1. The molecule has 1 saturated heterocycles. The van der Waals surface area contributed by atoms with Gasteiger partial charge in [-0.2, -0.15) is 0 Å². The van der Waals surface area contributed by atoms with Gasteiger partial charge < -0.3 is 14.7 Å². The molecule has 0 aliphatic carbocycles. The smallest absolute Gasteiger partial charge is 0.239 e. The molecule has 3 rings (SSSR count). The summed E-state index contributed by atoms with van der Waals surface area (Å²) >= 11 is 0. The Morgan fingerprint density at radius 3 is 2.80 bits per heavy atom. The summed E-state index contributed by atoms with van der Waals surface area (Å²) in [6.07, 6.45) is 1.22. The molecule has 1 N–H and O–H groups in total. The van der Waals surface area contributed by atoms with Crippen molar-refractivity contribution in [2.75, 3.05) is 33.8 Å². The van der Waals surface area contributed by atoms with Crippen molar-refractivity contribution in [2.45, 2.75) is 25.0 Å². The Balaban J connectivity index is 1.55. The molecule has 0 bridgehead atoms. The van der Waals surface area contributed by atoms with E-state index >= 15 is 0 Å². The zero-order chi connectivity index (χ0) is 17.8. The van der Waals surface area contributed by atoms with Crippen molar-refractivity contribution in [2.24, 2.45) is 0 Å². The normalized spacial score (nSPS) is 19.1. The molecule has 1 aliphatic heterocycles. The molecule has 0 radical (unpaired) electrons. The Bertz CT molecular complexity index is 732. The largest absolute Gasteiger partial charge is 0.491 e. The van der Waals surface area contributed by atoms with Crippen molar-refractivity contribution < 1.29 is 14.6 Å². The highest BCUT2D eigenvalue weighted by atomic mass is 16.5. The number of likely N-dealkylation sites (N-methyl/N-ethyl adjacent to an activating group) is 1. The number of likely N-dealkylation sites (tertiary alicyclic amines) is 1. The van der Waals surface area contributed by atoms with Crippen LogP contribution in [-0.2, 0) is 4.79 Å². The van der Waals surface area contributed by atoms with E-state index in [-0.39, 0.29) is 18.6 Å². The second-order valence-corrected chi connectivity index (χ2v) is 6.86. The minimum absolute atomic E-state index is 0.111. The zero-order valence-electron chi connectivity index (χ0n) is 14.9. The Hall–Kier alpha value is -2.11. The second-order valence-electron chi connectivity index (χ2n) is 6.86. The number of hydrogen-bond donors (Lipinski definition) is 1. The summed E-state index contributed by atoms with van der Waals surface area (Å²) in [5.41, 5.74) is 0. The van der Waals surface area contributed by atoms with Gasteiger partial charge in [0, 0.05) is 20.6 Å². The number of benzene rings is 2. The molecule has 1 fully saturated rings. The number of ether oxygens (including phenoxy) is 1. The summed E-state index contributed by atoms with van der Waals surface area (Å²) < 4.78 is 5.76. The van der Waals surface area contributed by atoms with E-state index in [9.17, 15) is 9.90 Å². The van der Waals surface area contributed by atoms with Crippen LogP contribution in [0.1, 0.15) is 12.8 Å². The highest BCUT2D eigenvalue weighted by Gasteiger charge is 2.32. The van der Waals surface area contributed by atoms with Crippen LogP contribution in [0.25, 0.3) is 10.8 Å². The first-order chi connectivity index (χ1) is 12.0. The molecule has 0 aromatic heterocycles. The summed E-state index contributed by atoms with van der Waals surface area (Å²) in [4.78, 5) is 15.9. The number of aliphatic hydroxyl groups is 1. The lowest BCUT2D eigenvalue weighted by molar-refractivity contribution is -0.133. The standard InChI is InChI=1S/C20H26N2O3/c1-21(2)20(24)19-8-5-11-22(19)13-17(23)14-25-18-10-9-15-6-3-4-7-16(15)12-18/h3-4,6-7,9-10,12,17,19,23H,5,8,11,13-14H2,1-2H3. The van der Waals surface area contributed by atoms with Crippen molar-refractivity contribution >= 4 is 16.7 Å². The Kier molecular flexibility index (Phi) is 5.56. The fourth-order valence-electron chi connectivity index (χ4n) is 3.40. The number of fused-ring (bicyclic) bond motifs is 1. The van der Waals surface area contributed by atoms with E-state index in [1.807, 2.05) is 36.4 Å². The van der Waals surface area contributed by atoms with Crippen molar-refractivity contribution in [3.05, 3.63) is 42.5 Å². The van der Waals surface area contributed by atoms with E-state index in [4.69, 9.17) is 4.74 Å². The van der Waals surface area contributed by atoms with Crippen molar-refractivity contribution in [1.82, 2.24) is 9.80 Å². The number of β-amino-alcohol motifs (C(OH)–C–C–N with tert-alkyl or cyclic N) is 1. The molecule has 1 aliphatic rings. The molecule has 0 spiro atoms. The number of aliphatic hydroxyl groups excluding tert-OH is 1. The number of carbonyl (C=O) groups excluding carboxylic acids is 1. The van der Waals surface area contributed by atoms with Gasteiger partial charge in [0.1, 0.15) is 18.5 Å². The van der Waals surface area contributed by atoms with Crippen molar-refractivity contribution in [3.63, 3.8) is 0 Å². The van der Waals surface area contributed by atoms with Crippen LogP contribution >= 0.6 is 0 Å². The van der Waals surface area contributed by atoms with Crippen LogP contribution in [0.15, 0.2) is 42.5 Å². The van der Waals surface area contributed by atoms with E-state index in [2.05, 4.69) is 11.0 Å². The minimum Gasteiger partial charge on any atom is -0.491 e. The van der Waals surface area contributed by atoms with E-state index in [0.717, 1.165) is 35.9 Å². The maximum absolute atomic E-state index is 12.2. The molecule has 2 atom stereocenters. The van der Waals surface area contributed by atoms with Crippen LogP contribution in [0.3, 0.4) is 0 Å². The number of rotatable bonds is 6. The molecule has 2 aromatic carbocycles. The number of amides is 1. The van der Waals surface area contributed by atoms with Gasteiger partial charge in [-0.3, -0.25) is 9.69 Å². The third-order valence-corrected chi connectivity index (χ3v) is 4.70. The monoisotopic (exact) mass is 342 g/mol. The van der Waals surface area contributed by atoms with Gasteiger partial charge in [-0.25, -0.2) is 0 Å². The molecule has 2 aromatic rings. The van der Waals surface area contributed by atoms with E-state index < -0.39 is 6.10 Å². The van der Waals surface area contributed by atoms with Crippen LogP contribution in [-0.4, -0.2) is 66.8 Å². The predicted octanol–water partition coefficient (Wildman–Crippen LogP) is 2.13. The lowest BCUT2D eigenvalue weighted by Gasteiger charge is -2.27. The van der Waals surface area contributed by atoms with Crippen LogP contribution in [0.5, 0.6) is 5.75 Å². The van der Waals surface area contributed by atoms with Crippen molar-refractivity contribution in [3.8, 4) is 5.75 Å². The predicted molar refractivity (Wildman–Crippen MR) is 98.7 cm³/mol. The van der Waals surface area contributed by atoms with Gasteiger partial charge in [0.2, 0.25) is 5.91 Å². The summed E-state index contributed by atoms with van der Waals surface area (Å²) in [6.45, 7) is 1.52. The van der Waals surface area contributed by atoms with Crippen LogP contribution in [0.2, 0.25) is 0 Å². The molecular formula is C20H26N2O3. The topological polar surface area (TPSA) is 53.0 Å². The molecule has 2 unspecified atom stereocenters. The van der Waals surface area contributed by atoms with E-state index in [1.165, 1.54) is 0 Å². The van der Waals surface area contributed by atoms with Gasteiger partial charge >= 0.3 is 0 Å². The molecule has 0 saturated carbocycles. The van der Waals surface area contributed by atoms with E-state index in [1.54, 1.807) is 19.0 Å². The van der Waals surface area contributed by atoms with Crippen LogP contribution in [0.4, 0.5) is 0 Å². The molecular weight excluding hydrogens is 316 g/mol. The van der Waals surface area contributed by atoms with Gasteiger partial charge in [0.05, 0.1) is 6.04 Å².